The number of anilines is 1. The first-order valence-corrected chi connectivity index (χ1v) is 6.88. The average molecular weight is 284 g/mol. The minimum atomic E-state index is -0.702. The predicted molar refractivity (Wildman–Crippen MR) is 73.0 cm³/mol. The Kier molecular flexibility index (Phi) is 3.60. The van der Waals surface area contributed by atoms with Gasteiger partial charge in [-0.05, 0) is 26.7 Å². The lowest BCUT2D eigenvalue weighted by atomic mass is 9.94. The fourth-order valence-corrected chi connectivity index (χ4v) is 3.17. The monoisotopic (exact) mass is 284 g/mol. The molecule has 1 saturated heterocycles. The van der Waals surface area contributed by atoms with Gasteiger partial charge in [-0.3, -0.25) is 14.9 Å². The molecule has 104 valence electrons. The highest BCUT2D eigenvalue weighted by atomic mass is 32.1. The number of hydrogen-bond acceptors (Lipinski definition) is 6. The lowest BCUT2D eigenvalue weighted by Gasteiger charge is -2.35. The summed E-state index contributed by atoms with van der Waals surface area (Å²) in [7, 11) is 0. The van der Waals surface area contributed by atoms with Gasteiger partial charge in [0.2, 0.25) is 0 Å². The van der Waals surface area contributed by atoms with Gasteiger partial charge in [-0.1, -0.05) is 0 Å². The Morgan fingerprint density at radius 3 is 2.58 bits per heavy atom. The van der Waals surface area contributed by atoms with Crippen molar-refractivity contribution in [2.45, 2.75) is 32.3 Å². The summed E-state index contributed by atoms with van der Waals surface area (Å²) in [6.07, 6.45) is 1.13. The Morgan fingerprint density at radius 1 is 1.53 bits per heavy atom. The van der Waals surface area contributed by atoms with Crippen molar-refractivity contribution in [3.05, 3.63) is 21.1 Å². The zero-order valence-electron chi connectivity index (χ0n) is 10.9. The van der Waals surface area contributed by atoms with Crippen LogP contribution in [0.1, 0.15) is 36.4 Å². The standard InChI is InChI=1S/C12H16N2O4S/c1-8(15)10-7-9(14(17)18)11(19-10)13-5-3-12(2,16)4-6-13/h7,16H,3-6H2,1-2H3. The molecule has 0 spiro atoms. The summed E-state index contributed by atoms with van der Waals surface area (Å²) in [5.74, 6) is -0.164. The van der Waals surface area contributed by atoms with Gasteiger partial charge in [0.25, 0.3) is 0 Å². The fourth-order valence-electron chi connectivity index (χ4n) is 2.09. The predicted octanol–water partition coefficient (Wildman–Crippen LogP) is 2.21. The van der Waals surface area contributed by atoms with Crippen LogP contribution in [0.25, 0.3) is 0 Å². The van der Waals surface area contributed by atoms with Crippen LogP contribution in [0.4, 0.5) is 10.7 Å². The molecule has 7 heteroatoms. The minimum Gasteiger partial charge on any atom is -0.390 e. The zero-order valence-corrected chi connectivity index (χ0v) is 11.7. The van der Waals surface area contributed by atoms with Crippen molar-refractivity contribution in [2.24, 2.45) is 0 Å². The molecule has 2 heterocycles. The molecule has 1 aliphatic heterocycles. The highest BCUT2D eigenvalue weighted by Crippen LogP contribution is 2.39. The molecule has 1 aromatic heterocycles. The number of piperidine rings is 1. The topological polar surface area (TPSA) is 83.7 Å². The molecule has 0 saturated carbocycles. The highest BCUT2D eigenvalue weighted by molar-refractivity contribution is 7.18. The van der Waals surface area contributed by atoms with E-state index in [-0.39, 0.29) is 11.5 Å². The molecule has 1 fully saturated rings. The number of thiophene rings is 1. The van der Waals surface area contributed by atoms with Crippen molar-refractivity contribution in [2.75, 3.05) is 18.0 Å². The van der Waals surface area contributed by atoms with Gasteiger partial charge in [-0.15, -0.1) is 11.3 Å². The van der Waals surface area contributed by atoms with Gasteiger partial charge >= 0.3 is 5.69 Å². The van der Waals surface area contributed by atoms with E-state index in [0.29, 0.717) is 35.8 Å². The normalized spacial score (nSPS) is 18.4. The van der Waals surface area contributed by atoms with Gasteiger partial charge in [0.1, 0.15) is 0 Å². The van der Waals surface area contributed by atoms with E-state index in [4.69, 9.17) is 0 Å². The molecule has 0 bridgehead atoms. The van der Waals surface area contributed by atoms with Crippen LogP contribution in [0, 0.1) is 10.1 Å². The molecule has 1 aromatic rings. The second kappa shape index (κ2) is 4.90. The lowest BCUT2D eigenvalue weighted by Crippen LogP contribution is -2.42. The number of ketones is 1. The van der Waals surface area contributed by atoms with E-state index < -0.39 is 10.5 Å². The molecular formula is C12H16N2O4S. The van der Waals surface area contributed by atoms with Crippen LogP contribution >= 0.6 is 11.3 Å². The molecule has 1 aliphatic rings. The molecular weight excluding hydrogens is 268 g/mol. The molecule has 0 amide bonds. The molecule has 1 N–H and O–H groups in total. The van der Waals surface area contributed by atoms with E-state index in [2.05, 4.69) is 0 Å². The van der Waals surface area contributed by atoms with Crippen LogP contribution in [0.3, 0.4) is 0 Å². The van der Waals surface area contributed by atoms with Crippen molar-refractivity contribution < 1.29 is 14.8 Å². The molecule has 19 heavy (non-hydrogen) atoms. The number of nitro groups is 1. The fraction of sp³-hybridized carbons (Fsp3) is 0.583. The summed E-state index contributed by atoms with van der Waals surface area (Å²) >= 11 is 1.16. The van der Waals surface area contributed by atoms with Crippen LogP contribution < -0.4 is 4.90 Å². The first-order chi connectivity index (χ1) is 8.80. The summed E-state index contributed by atoms with van der Waals surface area (Å²) in [5, 5.41) is 21.5. The molecule has 6 nitrogen and oxygen atoms in total. The minimum absolute atomic E-state index is 0.0169. The largest absolute Gasteiger partial charge is 0.390 e. The summed E-state index contributed by atoms with van der Waals surface area (Å²) < 4.78 is 0. The van der Waals surface area contributed by atoms with Crippen molar-refractivity contribution >= 4 is 27.8 Å². The summed E-state index contributed by atoms with van der Waals surface area (Å²) in [5.41, 5.74) is -0.719. The second-order valence-electron chi connectivity index (χ2n) is 5.10. The van der Waals surface area contributed by atoms with Crippen LogP contribution in [-0.4, -0.2) is 34.5 Å². The van der Waals surface area contributed by atoms with Gasteiger partial charge in [-0.2, -0.15) is 0 Å². The molecule has 0 unspecified atom stereocenters. The van der Waals surface area contributed by atoms with Crippen LogP contribution in [0.5, 0.6) is 0 Å². The Labute approximate surface area is 114 Å². The first-order valence-electron chi connectivity index (χ1n) is 6.07. The van der Waals surface area contributed by atoms with Crippen LogP contribution in [0.2, 0.25) is 0 Å². The van der Waals surface area contributed by atoms with Gasteiger partial charge < -0.3 is 10.0 Å². The van der Waals surface area contributed by atoms with Crippen molar-refractivity contribution in [1.29, 1.82) is 0 Å². The molecule has 0 aromatic carbocycles. The molecule has 0 aliphatic carbocycles. The van der Waals surface area contributed by atoms with E-state index in [1.165, 1.54) is 13.0 Å². The van der Waals surface area contributed by atoms with Gasteiger partial charge in [0.05, 0.1) is 15.4 Å². The Morgan fingerprint density at radius 2 is 2.11 bits per heavy atom. The SMILES string of the molecule is CC(=O)c1cc([N+](=O)[O-])c(N2CCC(C)(O)CC2)s1. The van der Waals surface area contributed by atoms with E-state index in [1.54, 1.807) is 6.92 Å². The number of carbonyl (C=O) groups excluding carboxylic acids is 1. The molecule has 0 atom stereocenters. The quantitative estimate of drug-likeness (QED) is 0.522. The molecule has 2 rings (SSSR count). The van der Waals surface area contributed by atoms with Crippen LogP contribution in [0.15, 0.2) is 6.07 Å². The van der Waals surface area contributed by atoms with E-state index in [9.17, 15) is 20.0 Å². The van der Waals surface area contributed by atoms with Gasteiger partial charge in [0, 0.05) is 19.2 Å². The number of nitrogens with zero attached hydrogens (tertiary/aromatic N) is 2. The Bertz CT molecular complexity index is 514. The number of carbonyl (C=O) groups is 1. The lowest BCUT2D eigenvalue weighted by molar-refractivity contribution is -0.383. The van der Waals surface area contributed by atoms with E-state index in [1.807, 2.05) is 4.90 Å². The second-order valence-corrected chi connectivity index (χ2v) is 6.13. The average Bonchev–Trinajstić information content (AvgIpc) is 2.74. The maximum absolute atomic E-state index is 11.3. The smallest absolute Gasteiger partial charge is 0.304 e. The third kappa shape index (κ3) is 2.93. The summed E-state index contributed by atoms with van der Waals surface area (Å²) in [4.78, 5) is 24.2. The number of aliphatic hydroxyl groups is 1. The van der Waals surface area contributed by atoms with Crippen molar-refractivity contribution in [1.82, 2.24) is 0 Å². The van der Waals surface area contributed by atoms with Crippen molar-refractivity contribution in [3.63, 3.8) is 0 Å². The summed E-state index contributed by atoms with van der Waals surface area (Å²) in [6.45, 7) is 4.30. The van der Waals surface area contributed by atoms with Gasteiger partial charge in [-0.25, -0.2) is 0 Å². The van der Waals surface area contributed by atoms with E-state index in [0.717, 1.165) is 11.3 Å². The number of rotatable bonds is 3. The zero-order chi connectivity index (χ0) is 14.2. The summed E-state index contributed by atoms with van der Waals surface area (Å²) in [6, 6.07) is 1.34. The molecule has 0 radical (unpaired) electrons. The highest BCUT2D eigenvalue weighted by Gasteiger charge is 2.32. The van der Waals surface area contributed by atoms with E-state index >= 15 is 0 Å². The number of Topliss-reactive ketones (excluding diaryl/α,β-unsaturated/α-hetero) is 1. The number of hydrogen-bond donors (Lipinski definition) is 1. The Balaban J connectivity index is 2.29. The third-order valence-electron chi connectivity index (χ3n) is 3.37. The maximum Gasteiger partial charge on any atom is 0.304 e. The first kappa shape index (κ1) is 14.0. The third-order valence-corrected chi connectivity index (χ3v) is 4.65. The Hall–Kier alpha value is -1.47. The van der Waals surface area contributed by atoms with Crippen LogP contribution in [-0.2, 0) is 0 Å². The van der Waals surface area contributed by atoms with Gasteiger partial charge in [0.15, 0.2) is 10.8 Å². The van der Waals surface area contributed by atoms with Crippen molar-refractivity contribution in [3.8, 4) is 0 Å². The maximum atomic E-state index is 11.3.